The van der Waals surface area contributed by atoms with Gasteiger partial charge in [0.2, 0.25) is 0 Å². The average molecular weight is 273 g/mol. The van der Waals surface area contributed by atoms with Crippen molar-refractivity contribution in [3.05, 3.63) is 60.2 Å². The Labute approximate surface area is 117 Å². The van der Waals surface area contributed by atoms with Crippen LogP contribution in [0.2, 0.25) is 0 Å². The van der Waals surface area contributed by atoms with Gasteiger partial charge in [-0.15, -0.1) is 25.3 Å². The van der Waals surface area contributed by atoms with Crippen molar-refractivity contribution in [1.29, 1.82) is 5.26 Å². The molecule has 0 aliphatic carbocycles. The number of para-hydroxylation sites is 2. The zero-order valence-electron chi connectivity index (χ0n) is 9.45. The summed E-state index contributed by atoms with van der Waals surface area (Å²) in [6, 6.07) is 18.7. The molecule has 0 aromatic heterocycles. The van der Waals surface area contributed by atoms with E-state index in [2.05, 4.69) is 25.3 Å². The van der Waals surface area contributed by atoms with Gasteiger partial charge >= 0.3 is 0 Å². The number of rotatable bonds is 3. The van der Waals surface area contributed by atoms with Gasteiger partial charge in [-0.1, -0.05) is 36.4 Å². The lowest BCUT2D eigenvalue weighted by atomic mass is 10.1. The van der Waals surface area contributed by atoms with Gasteiger partial charge < -0.3 is 4.74 Å². The first-order chi connectivity index (χ1) is 8.63. The Morgan fingerprint density at radius 2 is 1.56 bits per heavy atom. The summed E-state index contributed by atoms with van der Waals surface area (Å²) in [6.07, 6.45) is 0. The van der Waals surface area contributed by atoms with Crippen molar-refractivity contribution >= 4 is 25.3 Å². The Hall–Kier alpha value is -1.57. The predicted octanol–water partition coefficient (Wildman–Crippen LogP) is 4.01. The van der Waals surface area contributed by atoms with Crippen LogP contribution in [-0.4, -0.2) is 0 Å². The first kappa shape index (κ1) is 12.9. The van der Waals surface area contributed by atoms with Crippen LogP contribution in [0.5, 0.6) is 11.5 Å². The quantitative estimate of drug-likeness (QED) is 0.654. The third-order valence-electron chi connectivity index (χ3n) is 2.39. The molecule has 0 unspecified atom stereocenters. The van der Waals surface area contributed by atoms with Crippen LogP contribution in [0.15, 0.2) is 54.6 Å². The van der Waals surface area contributed by atoms with Crippen molar-refractivity contribution in [2.75, 3.05) is 0 Å². The van der Waals surface area contributed by atoms with E-state index >= 15 is 0 Å². The van der Waals surface area contributed by atoms with E-state index in [1.165, 1.54) is 0 Å². The summed E-state index contributed by atoms with van der Waals surface area (Å²) in [5.41, 5.74) is 0.628. The second-order valence-corrected chi connectivity index (χ2v) is 5.39. The van der Waals surface area contributed by atoms with Crippen molar-refractivity contribution < 1.29 is 4.74 Å². The molecule has 0 aliphatic heterocycles. The Morgan fingerprint density at radius 1 is 0.944 bits per heavy atom. The van der Waals surface area contributed by atoms with Gasteiger partial charge in [-0.05, 0) is 18.2 Å². The van der Waals surface area contributed by atoms with E-state index in [1.54, 1.807) is 12.1 Å². The van der Waals surface area contributed by atoms with Crippen LogP contribution in [0.1, 0.15) is 5.56 Å². The molecular weight excluding hydrogens is 262 g/mol. The lowest BCUT2D eigenvalue weighted by molar-refractivity contribution is 0.477. The maximum absolute atomic E-state index is 9.08. The highest BCUT2D eigenvalue weighted by atomic mass is 32.2. The Bertz CT molecular complexity index is 576. The molecule has 0 N–H and O–H groups in total. The standard InChI is InChI=1S/C14H11NOS2/c15-10-14(17,18)12-8-4-5-9-13(12)16-11-6-2-1-3-7-11/h1-9,17-18H. The van der Waals surface area contributed by atoms with Crippen LogP contribution in [-0.2, 0) is 4.08 Å². The average Bonchev–Trinajstić information content (AvgIpc) is 2.40. The summed E-state index contributed by atoms with van der Waals surface area (Å²) in [5.74, 6) is 1.29. The van der Waals surface area contributed by atoms with Gasteiger partial charge in [0.25, 0.3) is 0 Å². The van der Waals surface area contributed by atoms with Crippen LogP contribution < -0.4 is 4.74 Å². The summed E-state index contributed by atoms with van der Waals surface area (Å²) < 4.78 is 4.57. The van der Waals surface area contributed by atoms with Crippen molar-refractivity contribution in [2.24, 2.45) is 0 Å². The number of hydrogen-bond donors (Lipinski definition) is 2. The molecule has 90 valence electrons. The van der Waals surface area contributed by atoms with Crippen molar-refractivity contribution in [1.82, 2.24) is 0 Å². The van der Waals surface area contributed by atoms with E-state index in [9.17, 15) is 0 Å². The number of ether oxygens (including phenoxy) is 1. The molecule has 0 fully saturated rings. The summed E-state index contributed by atoms with van der Waals surface area (Å²) in [5, 5.41) is 9.08. The minimum Gasteiger partial charge on any atom is -0.457 e. The third-order valence-corrected chi connectivity index (χ3v) is 3.07. The number of hydrogen-bond acceptors (Lipinski definition) is 4. The summed E-state index contributed by atoms with van der Waals surface area (Å²) in [6.45, 7) is 0. The molecule has 0 spiro atoms. The van der Waals surface area contributed by atoms with Crippen LogP contribution in [0.25, 0.3) is 0 Å². The molecule has 2 rings (SSSR count). The van der Waals surface area contributed by atoms with E-state index in [0.717, 1.165) is 0 Å². The molecule has 2 aromatic carbocycles. The van der Waals surface area contributed by atoms with Gasteiger partial charge in [0, 0.05) is 5.56 Å². The molecular formula is C14H11NOS2. The summed E-state index contributed by atoms with van der Waals surface area (Å²) in [7, 11) is 0. The summed E-state index contributed by atoms with van der Waals surface area (Å²) in [4.78, 5) is 0. The number of thiol groups is 2. The Kier molecular flexibility index (Phi) is 3.85. The molecule has 0 amide bonds. The second kappa shape index (κ2) is 5.38. The first-order valence-electron chi connectivity index (χ1n) is 5.32. The fraction of sp³-hybridized carbons (Fsp3) is 0.0714. The maximum Gasteiger partial charge on any atom is 0.171 e. The lowest BCUT2D eigenvalue weighted by Gasteiger charge is -2.18. The summed E-state index contributed by atoms with van der Waals surface area (Å²) >= 11 is 8.47. The molecule has 0 saturated heterocycles. The minimum absolute atomic E-state index is 0.579. The van der Waals surface area contributed by atoms with Gasteiger partial charge in [-0.25, -0.2) is 0 Å². The molecule has 2 aromatic rings. The highest BCUT2D eigenvalue weighted by Gasteiger charge is 2.26. The van der Waals surface area contributed by atoms with Crippen LogP contribution in [0.4, 0.5) is 0 Å². The predicted molar refractivity (Wildman–Crippen MR) is 78.2 cm³/mol. The minimum atomic E-state index is -1.18. The van der Waals surface area contributed by atoms with Crippen LogP contribution in [0, 0.1) is 11.3 Å². The molecule has 0 bridgehead atoms. The molecule has 18 heavy (non-hydrogen) atoms. The van der Waals surface area contributed by atoms with Crippen molar-refractivity contribution in [3.8, 4) is 17.6 Å². The Morgan fingerprint density at radius 3 is 2.22 bits per heavy atom. The smallest absolute Gasteiger partial charge is 0.171 e. The number of benzene rings is 2. The fourth-order valence-corrected chi connectivity index (χ4v) is 1.89. The van der Waals surface area contributed by atoms with Gasteiger partial charge in [0.1, 0.15) is 11.5 Å². The first-order valence-corrected chi connectivity index (χ1v) is 6.21. The fourth-order valence-electron chi connectivity index (χ4n) is 1.52. The topological polar surface area (TPSA) is 33.0 Å². The number of nitrogens with zero attached hydrogens (tertiary/aromatic N) is 1. The van der Waals surface area contributed by atoms with Gasteiger partial charge in [-0.2, -0.15) is 5.26 Å². The molecule has 0 atom stereocenters. The highest BCUT2D eigenvalue weighted by Crippen LogP contribution is 2.39. The van der Waals surface area contributed by atoms with E-state index in [0.29, 0.717) is 17.1 Å². The molecule has 0 saturated carbocycles. The SMILES string of the molecule is N#CC(S)(S)c1ccccc1Oc1ccccc1. The molecule has 0 radical (unpaired) electrons. The Balaban J connectivity index is 2.38. The van der Waals surface area contributed by atoms with Gasteiger partial charge in [0.15, 0.2) is 4.08 Å². The molecule has 0 aliphatic rings. The molecule has 2 nitrogen and oxygen atoms in total. The van der Waals surface area contributed by atoms with Crippen molar-refractivity contribution in [3.63, 3.8) is 0 Å². The molecule has 0 heterocycles. The van der Waals surface area contributed by atoms with E-state index < -0.39 is 4.08 Å². The van der Waals surface area contributed by atoms with E-state index in [1.807, 2.05) is 48.5 Å². The monoisotopic (exact) mass is 273 g/mol. The van der Waals surface area contributed by atoms with Crippen LogP contribution in [0.3, 0.4) is 0 Å². The lowest BCUT2D eigenvalue weighted by Crippen LogP contribution is -2.08. The van der Waals surface area contributed by atoms with E-state index in [-0.39, 0.29) is 0 Å². The highest BCUT2D eigenvalue weighted by molar-refractivity contribution is 8.00. The van der Waals surface area contributed by atoms with Crippen molar-refractivity contribution in [2.45, 2.75) is 4.08 Å². The number of nitriles is 1. The van der Waals surface area contributed by atoms with Gasteiger partial charge in [-0.3, -0.25) is 0 Å². The molecule has 4 heteroatoms. The zero-order valence-corrected chi connectivity index (χ0v) is 11.2. The van der Waals surface area contributed by atoms with Gasteiger partial charge in [0.05, 0.1) is 6.07 Å². The normalized spacial score (nSPS) is 10.7. The third kappa shape index (κ3) is 2.81. The van der Waals surface area contributed by atoms with Crippen LogP contribution >= 0.6 is 25.3 Å². The second-order valence-electron chi connectivity index (χ2n) is 3.70. The largest absolute Gasteiger partial charge is 0.457 e. The van der Waals surface area contributed by atoms with E-state index in [4.69, 9.17) is 10.00 Å². The zero-order chi connectivity index (χ0) is 13.0. The maximum atomic E-state index is 9.08.